The molecule has 2 rings (SSSR count). The zero-order valence-corrected chi connectivity index (χ0v) is 12.0. The van der Waals surface area contributed by atoms with Crippen LogP contribution in [-0.4, -0.2) is 115 Å². The molecule has 11 heteroatoms. The lowest BCUT2D eigenvalue weighted by Gasteiger charge is -2.44. The molecule has 2 unspecified atom stereocenters. The first-order valence-electron chi connectivity index (χ1n) is 7.08. The lowest BCUT2D eigenvalue weighted by molar-refractivity contribution is -0.361. The summed E-state index contributed by atoms with van der Waals surface area (Å²) in [7, 11) is 0. The second kappa shape index (κ2) is 7.63. The van der Waals surface area contributed by atoms with Gasteiger partial charge in [-0.25, -0.2) is 0 Å². The first-order valence-corrected chi connectivity index (χ1v) is 7.08. The van der Waals surface area contributed by atoms with Crippen molar-refractivity contribution >= 4 is 0 Å². The molecule has 8 N–H and O–H groups in total. The minimum atomic E-state index is -1.75. The molecule has 2 saturated heterocycles. The maximum Gasteiger partial charge on any atom is 0.187 e. The van der Waals surface area contributed by atoms with Gasteiger partial charge in [0, 0.05) is 0 Å². The summed E-state index contributed by atoms with van der Waals surface area (Å²) in [6.07, 6.45) is -15.6. The third-order valence-corrected chi connectivity index (χ3v) is 3.98. The molecule has 0 amide bonds. The minimum Gasteiger partial charge on any atom is -0.394 e. The van der Waals surface area contributed by atoms with Gasteiger partial charge in [0.2, 0.25) is 0 Å². The monoisotopic (exact) mass is 342 g/mol. The van der Waals surface area contributed by atoms with Crippen molar-refractivity contribution in [3.63, 3.8) is 0 Å². The van der Waals surface area contributed by atoms with Crippen LogP contribution in [0.15, 0.2) is 0 Å². The van der Waals surface area contributed by atoms with Crippen LogP contribution in [0.3, 0.4) is 0 Å². The van der Waals surface area contributed by atoms with Crippen LogP contribution in [-0.2, 0) is 14.2 Å². The highest BCUT2D eigenvalue weighted by Gasteiger charge is 2.50. The molecule has 2 heterocycles. The molecule has 11 nitrogen and oxygen atoms in total. The quantitative estimate of drug-likeness (QED) is 0.243. The summed E-state index contributed by atoms with van der Waals surface area (Å²) >= 11 is 0. The molecular formula is C12H22O11. The van der Waals surface area contributed by atoms with Crippen molar-refractivity contribution in [2.75, 3.05) is 13.2 Å². The van der Waals surface area contributed by atoms with Gasteiger partial charge in [-0.1, -0.05) is 0 Å². The lowest BCUT2D eigenvalue weighted by atomic mass is 9.97. The molecule has 0 aromatic heterocycles. The van der Waals surface area contributed by atoms with E-state index in [4.69, 9.17) is 24.4 Å². The van der Waals surface area contributed by atoms with E-state index in [1.165, 1.54) is 0 Å². The third-order valence-electron chi connectivity index (χ3n) is 3.98. The van der Waals surface area contributed by atoms with Crippen molar-refractivity contribution < 1.29 is 55.1 Å². The Morgan fingerprint density at radius 1 is 0.652 bits per heavy atom. The Kier molecular flexibility index (Phi) is 6.27. The van der Waals surface area contributed by atoms with Gasteiger partial charge in [-0.3, -0.25) is 0 Å². The highest BCUT2D eigenvalue weighted by Crippen LogP contribution is 2.28. The highest BCUT2D eigenvalue weighted by molar-refractivity contribution is 4.93. The fourth-order valence-electron chi connectivity index (χ4n) is 2.55. The number of hydrogen-bond acceptors (Lipinski definition) is 11. The van der Waals surface area contributed by atoms with Gasteiger partial charge in [-0.2, -0.15) is 0 Å². The van der Waals surface area contributed by atoms with E-state index in [9.17, 15) is 30.6 Å². The topological polar surface area (TPSA) is 190 Å². The van der Waals surface area contributed by atoms with Gasteiger partial charge in [0.05, 0.1) is 13.2 Å². The molecular weight excluding hydrogens is 320 g/mol. The molecule has 0 aromatic carbocycles. The van der Waals surface area contributed by atoms with Crippen LogP contribution in [0.1, 0.15) is 0 Å². The summed E-state index contributed by atoms with van der Waals surface area (Å²) in [4.78, 5) is 0. The lowest BCUT2D eigenvalue weighted by Crippen LogP contribution is -2.64. The molecule has 0 aliphatic carbocycles. The molecule has 23 heavy (non-hydrogen) atoms. The fourth-order valence-corrected chi connectivity index (χ4v) is 2.55. The van der Waals surface area contributed by atoms with Crippen LogP contribution in [0.2, 0.25) is 0 Å². The predicted octanol–water partition coefficient (Wildman–Crippen LogP) is -5.40. The van der Waals surface area contributed by atoms with Crippen LogP contribution in [0, 0.1) is 0 Å². The average molecular weight is 342 g/mol. The number of ether oxygens (including phenoxy) is 3. The largest absolute Gasteiger partial charge is 0.394 e. The molecule has 0 aromatic rings. The fraction of sp³-hybridized carbons (Fsp3) is 1.00. The average Bonchev–Trinajstić information content (AvgIpc) is 2.54. The molecule has 2 aliphatic heterocycles. The molecule has 2 aliphatic rings. The first-order chi connectivity index (χ1) is 10.8. The zero-order valence-electron chi connectivity index (χ0n) is 12.0. The zero-order chi connectivity index (χ0) is 17.3. The van der Waals surface area contributed by atoms with E-state index in [0.29, 0.717) is 0 Å². The van der Waals surface area contributed by atoms with Crippen LogP contribution in [0.5, 0.6) is 0 Å². The van der Waals surface area contributed by atoms with Gasteiger partial charge in [0.15, 0.2) is 12.6 Å². The maximum absolute atomic E-state index is 9.94. The molecule has 0 saturated carbocycles. The number of aliphatic hydroxyl groups excluding tert-OH is 8. The minimum absolute atomic E-state index is 0.651. The van der Waals surface area contributed by atoms with Crippen molar-refractivity contribution in [2.45, 2.75) is 61.4 Å². The smallest absolute Gasteiger partial charge is 0.187 e. The van der Waals surface area contributed by atoms with Crippen LogP contribution in [0.25, 0.3) is 0 Å². The van der Waals surface area contributed by atoms with Crippen molar-refractivity contribution in [1.29, 1.82) is 0 Å². The normalized spacial score (nSPS) is 51.7. The molecule has 0 spiro atoms. The Bertz CT molecular complexity index is 380. The number of aliphatic hydroxyl groups is 8. The second-order valence-corrected chi connectivity index (χ2v) is 5.53. The molecule has 136 valence electrons. The van der Waals surface area contributed by atoms with Gasteiger partial charge >= 0.3 is 0 Å². The first kappa shape index (κ1) is 18.9. The summed E-state index contributed by atoms with van der Waals surface area (Å²) in [5.41, 5.74) is 0. The molecule has 0 bridgehead atoms. The highest BCUT2D eigenvalue weighted by atomic mass is 16.7. The van der Waals surface area contributed by atoms with Crippen molar-refractivity contribution in [1.82, 2.24) is 0 Å². The summed E-state index contributed by atoms with van der Waals surface area (Å²) in [5.74, 6) is 0. The molecule has 10 atom stereocenters. The van der Waals surface area contributed by atoms with Gasteiger partial charge in [0.1, 0.15) is 48.8 Å². The van der Waals surface area contributed by atoms with E-state index in [0.717, 1.165) is 0 Å². The third kappa shape index (κ3) is 3.65. The van der Waals surface area contributed by atoms with Crippen LogP contribution < -0.4 is 0 Å². The van der Waals surface area contributed by atoms with Crippen molar-refractivity contribution in [3.05, 3.63) is 0 Å². The SMILES string of the molecule is OC[C@H]1OC(O)[C@@H](OC2O[C@H](CO)[C@@H](O)[C@H](O)[C@@H]2O)[C@@H](O)[C@H]1O. The summed E-state index contributed by atoms with van der Waals surface area (Å²) in [6.45, 7) is -1.33. The van der Waals surface area contributed by atoms with Crippen LogP contribution in [0.4, 0.5) is 0 Å². The summed E-state index contributed by atoms with van der Waals surface area (Å²) < 4.78 is 15.1. The van der Waals surface area contributed by atoms with Crippen molar-refractivity contribution in [2.24, 2.45) is 0 Å². The summed E-state index contributed by atoms with van der Waals surface area (Å²) in [5, 5.41) is 76.7. The van der Waals surface area contributed by atoms with E-state index >= 15 is 0 Å². The second-order valence-electron chi connectivity index (χ2n) is 5.53. The Morgan fingerprint density at radius 3 is 1.74 bits per heavy atom. The van der Waals surface area contributed by atoms with Crippen LogP contribution >= 0.6 is 0 Å². The van der Waals surface area contributed by atoms with Gasteiger partial charge in [-0.15, -0.1) is 0 Å². The van der Waals surface area contributed by atoms with E-state index in [-0.39, 0.29) is 0 Å². The summed E-state index contributed by atoms with van der Waals surface area (Å²) in [6, 6.07) is 0. The van der Waals surface area contributed by atoms with E-state index < -0.39 is 74.6 Å². The predicted molar refractivity (Wildman–Crippen MR) is 68.6 cm³/mol. The molecule has 2 fully saturated rings. The van der Waals surface area contributed by atoms with Gasteiger partial charge in [-0.05, 0) is 0 Å². The van der Waals surface area contributed by atoms with E-state index in [1.54, 1.807) is 0 Å². The Labute approximate surface area is 130 Å². The maximum atomic E-state index is 9.94. The Morgan fingerprint density at radius 2 is 1.17 bits per heavy atom. The van der Waals surface area contributed by atoms with Crippen molar-refractivity contribution in [3.8, 4) is 0 Å². The standard InChI is InChI=1S/C12H22O11/c13-1-3-6(16)8(18)10(11(20)21-3)23-12-9(19)7(17)5(15)4(2-14)22-12/h3-20H,1-2H2/t3-,4-,5-,6+,7+,8+,9+,10+,11?,12?/m1/s1. The van der Waals surface area contributed by atoms with E-state index in [2.05, 4.69) is 0 Å². The molecule has 0 radical (unpaired) electrons. The Hall–Kier alpha value is -0.440. The number of rotatable bonds is 4. The number of hydrogen-bond donors (Lipinski definition) is 8. The van der Waals surface area contributed by atoms with Gasteiger partial charge in [0.25, 0.3) is 0 Å². The Balaban J connectivity index is 2.08. The van der Waals surface area contributed by atoms with Gasteiger partial charge < -0.3 is 55.1 Å². The van der Waals surface area contributed by atoms with E-state index in [1.807, 2.05) is 0 Å².